The largest absolute Gasteiger partial charge is 0.337 e. The van der Waals surface area contributed by atoms with Gasteiger partial charge in [0.2, 0.25) is 5.95 Å². The summed E-state index contributed by atoms with van der Waals surface area (Å²) in [6, 6.07) is 11.6. The van der Waals surface area contributed by atoms with Gasteiger partial charge in [-0.2, -0.15) is 0 Å². The number of Topliss-reactive ketones (excluding diaryl/α,β-unsaturated/α-hetero) is 1. The number of rotatable bonds is 4. The van der Waals surface area contributed by atoms with Gasteiger partial charge in [-0.3, -0.25) is 4.79 Å². The van der Waals surface area contributed by atoms with Crippen LogP contribution in [0.5, 0.6) is 0 Å². The van der Waals surface area contributed by atoms with Crippen molar-refractivity contribution in [3.8, 4) is 0 Å². The molecule has 0 spiro atoms. The molecule has 4 heteroatoms. The first kappa shape index (κ1) is 13.7. The van der Waals surface area contributed by atoms with Gasteiger partial charge in [0, 0.05) is 36.5 Å². The van der Waals surface area contributed by atoms with E-state index in [1.807, 2.05) is 43.3 Å². The normalized spacial score (nSPS) is 18.0. The zero-order valence-corrected chi connectivity index (χ0v) is 12.2. The molecule has 0 N–H and O–H groups in total. The van der Waals surface area contributed by atoms with E-state index in [1.165, 1.54) is 0 Å². The van der Waals surface area contributed by atoms with Crippen molar-refractivity contribution in [1.82, 2.24) is 9.97 Å². The van der Waals surface area contributed by atoms with E-state index >= 15 is 0 Å². The molecule has 1 saturated heterocycles. The molecule has 0 amide bonds. The summed E-state index contributed by atoms with van der Waals surface area (Å²) in [5.74, 6) is 0.943. The van der Waals surface area contributed by atoms with Gasteiger partial charge < -0.3 is 4.90 Å². The first-order chi connectivity index (χ1) is 10.2. The minimum Gasteiger partial charge on any atom is -0.337 e. The van der Waals surface area contributed by atoms with Gasteiger partial charge in [-0.25, -0.2) is 9.97 Å². The SMILES string of the molecule is Cc1ccnc(N2CCC[C@@H]2CC(=O)c2ccccc2)n1. The minimum atomic E-state index is 0.195. The summed E-state index contributed by atoms with van der Waals surface area (Å²) < 4.78 is 0. The van der Waals surface area contributed by atoms with Crippen molar-refractivity contribution in [2.75, 3.05) is 11.4 Å². The lowest BCUT2D eigenvalue weighted by Crippen LogP contribution is -2.32. The van der Waals surface area contributed by atoms with E-state index in [0.29, 0.717) is 6.42 Å². The maximum Gasteiger partial charge on any atom is 0.225 e. The van der Waals surface area contributed by atoms with Crippen LogP contribution >= 0.6 is 0 Å². The second kappa shape index (κ2) is 6.04. The van der Waals surface area contributed by atoms with Gasteiger partial charge in [-0.15, -0.1) is 0 Å². The predicted molar refractivity (Wildman–Crippen MR) is 82.5 cm³/mol. The van der Waals surface area contributed by atoms with Crippen molar-refractivity contribution in [3.63, 3.8) is 0 Å². The third kappa shape index (κ3) is 3.10. The molecule has 3 rings (SSSR count). The van der Waals surface area contributed by atoms with Crippen LogP contribution in [0.1, 0.15) is 35.3 Å². The summed E-state index contributed by atoms with van der Waals surface area (Å²) in [7, 11) is 0. The second-order valence-corrected chi connectivity index (χ2v) is 5.48. The number of ketones is 1. The Labute approximate surface area is 124 Å². The Bertz CT molecular complexity index is 627. The Morgan fingerprint density at radius 2 is 2.10 bits per heavy atom. The lowest BCUT2D eigenvalue weighted by atomic mass is 10.0. The molecule has 21 heavy (non-hydrogen) atoms. The van der Waals surface area contributed by atoms with E-state index in [0.717, 1.165) is 36.6 Å². The van der Waals surface area contributed by atoms with Crippen LogP contribution in [0.25, 0.3) is 0 Å². The summed E-state index contributed by atoms with van der Waals surface area (Å²) in [5, 5.41) is 0. The van der Waals surface area contributed by atoms with Gasteiger partial charge in [0.05, 0.1) is 0 Å². The number of carbonyl (C=O) groups excluding carboxylic acids is 1. The zero-order valence-electron chi connectivity index (χ0n) is 12.2. The van der Waals surface area contributed by atoms with E-state index in [2.05, 4.69) is 14.9 Å². The van der Waals surface area contributed by atoms with E-state index in [4.69, 9.17) is 0 Å². The molecule has 1 atom stereocenters. The first-order valence-corrected chi connectivity index (χ1v) is 7.38. The number of aromatic nitrogens is 2. The van der Waals surface area contributed by atoms with Crippen LogP contribution in [-0.4, -0.2) is 28.3 Å². The molecule has 1 aromatic carbocycles. The lowest BCUT2D eigenvalue weighted by molar-refractivity contribution is 0.0974. The zero-order chi connectivity index (χ0) is 14.7. The van der Waals surface area contributed by atoms with Crippen LogP contribution in [0.2, 0.25) is 0 Å². The van der Waals surface area contributed by atoms with E-state index < -0.39 is 0 Å². The molecule has 0 saturated carbocycles. The molecule has 0 unspecified atom stereocenters. The van der Waals surface area contributed by atoms with Crippen molar-refractivity contribution >= 4 is 11.7 Å². The van der Waals surface area contributed by atoms with Gasteiger partial charge in [0.25, 0.3) is 0 Å². The smallest absolute Gasteiger partial charge is 0.225 e. The third-order valence-electron chi connectivity index (χ3n) is 3.93. The first-order valence-electron chi connectivity index (χ1n) is 7.38. The van der Waals surface area contributed by atoms with Crippen molar-refractivity contribution in [3.05, 3.63) is 53.9 Å². The third-order valence-corrected chi connectivity index (χ3v) is 3.93. The Hall–Kier alpha value is -2.23. The van der Waals surface area contributed by atoms with E-state index in [-0.39, 0.29) is 11.8 Å². The number of carbonyl (C=O) groups is 1. The molecule has 0 aliphatic carbocycles. The highest BCUT2D eigenvalue weighted by Crippen LogP contribution is 2.25. The summed E-state index contributed by atoms with van der Waals surface area (Å²) in [4.78, 5) is 23.4. The maximum absolute atomic E-state index is 12.4. The van der Waals surface area contributed by atoms with Gasteiger partial charge in [-0.1, -0.05) is 30.3 Å². The van der Waals surface area contributed by atoms with Crippen molar-refractivity contribution in [1.29, 1.82) is 0 Å². The molecule has 1 aromatic heterocycles. The average Bonchev–Trinajstić information content (AvgIpc) is 2.96. The summed E-state index contributed by atoms with van der Waals surface area (Å²) >= 11 is 0. The Balaban J connectivity index is 1.74. The number of hydrogen-bond donors (Lipinski definition) is 0. The number of aryl methyl sites for hydroxylation is 1. The summed E-state index contributed by atoms with van der Waals surface area (Å²) in [6.07, 6.45) is 4.42. The average molecular weight is 281 g/mol. The quantitative estimate of drug-likeness (QED) is 0.808. The maximum atomic E-state index is 12.4. The van der Waals surface area contributed by atoms with Crippen LogP contribution in [0, 0.1) is 6.92 Å². The van der Waals surface area contributed by atoms with Crippen LogP contribution in [-0.2, 0) is 0 Å². The van der Waals surface area contributed by atoms with Crippen LogP contribution < -0.4 is 4.90 Å². The number of nitrogens with zero attached hydrogens (tertiary/aromatic N) is 3. The molecule has 108 valence electrons. The molecule has 0 radical (unpaired) electrons. The highest BCUT2D eigenvalue weighted by molar-refractivity contribution is 5.96. The molecular formula is C17H19N3O. The fourth-order valence-electron chi connectivity index (χ4n) is 2.84. The standard InChI is InChI=1S/C17H19N3O/c1-13-9-10-18-17(19-13)20-11-5-8-15(20)12-16(21)14-6-3-2-4-7-14/h2-4,6-7,9-10,15H,5,8,11-12H2,1H3/t15-/m1/s1. The van der Waals surface area contributed by atoms with Crippen molar-refractivity contribution < 1.29 is 4.79 Å². The van der Waals surface area contributed by atoms with Crippen LogP contribution in [0.3, 0.4) is 0 Å². The molecule has 0 bridgehead atoms. The number of hydrogen-bond acceptors (Lipinski definition) is 4. The topological polar surface area (TPSA) is 46.1 Å². The molecule has 1 fully saturated rings. The monoisotopic (exact) mass is 281 g/mol. The van der Waals surface area contributed by atoms with Crippen LogP contribution in [0.4, 0.5) is 5.95 Å². The van der Waals surface area contributed by atoms with Crippen LogP contribution in [0.15, 0.2) is 42.6 Å². The van der Waals surface area contributed by atoms with E-state index in [1.54, 1.807) is 6.20 Å². The molecule has 1 aliphatic heterocycles. The number of anilines is 1. The molecule has 1 aliphatic rings. The highest BCUT2D eigenvalue weighted by atomic mass is 16.1. The fourth-order valence-corrected chi connectivity index (χ4v) is 2.84. The Kier molecular flexibility index (Phi) is 3.95. The molecule has 2 heterocycles. The van der Waals surface area contributed by atoms with Crippen molar-refractivity contribution in [2.24, 2.45) is 0 Å². The van der Waals surface area contributed by atoms with Gasteiger partial charge in [0.1, 0.15) is 0 Å². The number of benzene rings is 1. The van der Waals surface area contributed by atoms with Gasteiger partial charge in [0.15, 0.2) is 5.78 Å². The minimum absolute atomic E-state index is 0.195. The second-order valence-electron chi connectivity index (χ2n) is 5.48. The fraction of sp³-hybridized carbons (Fsp3) is 0.353. The van der Waals surface area contributed by atoms with Gasteiger partial charge in [-0.05, 0) is 25.8 Å². The predicted octanol–water partition coefficient (Wildman–Crippen LogP) is 3.03. The van der Waals surface area contributed by atoms with E-state index in [9.17, 15) is 4.79 Å². The lowest BCUT2D eigenvalue weighted by Gasteiger charge is -2.24. The summed E-state index contributed by atoms with van der Waals surface area (Å²) in [6.45, 7) is 2.89. The van der Waals surface area contributed by atoms with Gasteiger partial charge >= 0.3 is 0 Å². The molecule has 2 aromatic rings. The summed E-state index contributed by atoms with van der Waals surface area (Å²) in [5.41, 5.74) is 1.74. The Morgan fingerprint density at radius 3 is 2.86 bits per heavy atom. The highest BCUT2D eigenvalue weighted by Gasteiger charge is 2.28. The molecule has 4 nitrogen and oxygen atoms in total. The van der Waals surface area contributed by atoms with Crippen molar-refractivity contribution in [2.45, 2.75) is 32.2 Å². The molecular weight excluding hydrogens is 262 g/mol. The Morgan fingerprint density at radius 1 is 1.29 bits per heavy atom.